The first-order chi connectivity index (χ1) is 16.9. The summed E-state index contributed by atoms with van der Waals surface area (Å²) in [7, 11) is 0. The summed E-state index contributed by atoms with van der Waals surface area (Å²) in [6.07, 6.45) is 6.94. The predicted octanol–water partition coefficient (Wildman–Crippen LogP) is 7.69. The first-order valence-corrected chi connectivity index (χ1v) is 25.8. The SMILES string of the molecule is CC(C)(C)c1cc(-c2cc([C]3=Cc4c[c]5c(c[c]4[Ge]3([CH3])[CH3])C=[CH][Ge]5([CH3])[CH3])ccn2)cc2ccccc12. The molecule has 0 atom stereocenters. The monoisotopic (exact) mass is 593 g/mol. The molecule has 2 aliphatic heterocycles. The van der Waals surface area contributed by atoms with Gasteiger partial charge in [0, 0.05) is 0 Å². The molecule has 0 amide bonds. The van der Waals surface area contributed by atoms with E-state index in [4.69, 9.17) is 4.98 Å². The minimum atomic E-state index is -2.43. The number of aromatic nitrogens is 1. The van der Waals surface area contributed by atoms with Crippen LogP contribution in [0.4, 0.5) is 0 Å². The molecule has 0 fully saturated rings. The molecule has 0 bridgehead atoms. The van der Waals surface area contributed by atoms with Crippen LogP contribution in [0.5, 0.6) is 0 Å². The maximum absolute atomic E-state index is 4.87. The van der Waals surface area contributed by atoms with Crippen LogP contribution < -0.4 is 8.79 Å². The summed E-state index contributed by atoms with van der Waals surface area (Å²) < 4.78 is 4.85. The summed E-state index contributed by atoms with van der Waals surface area (Å²) in [6.45, 7) is 6.91. The Hall–Kier alpha value is -2.36. The average Bonchev–Trinajstić information content (AvgIpc) is 3.28. The summed E-state index contributed by atoms with van der Waals surface area (Å²) in [5.74, 6) is 10.1. The van der Waals surface area contributed by atoms with Crippen LogP contribution in [0.2, 0.25) is 23.0 Å². The molecule has 0 spiro atoms. The molecule has 1 nitrogen and oxygen atoms in total. The normalized spacial score (nSPS) is 17.2. The van der Waals surface area contributed by atoms with Gasteiger partial charge in [-0.05, 0) is 0 Å². The van der Waals surface area contributed by atoms with E-state index in [9.17, 15) is 0 Å². The number of rotatable bonds is 2. The van der Waals surface area contributed by atoms with Crippen molar-refractivity contribution in [3.63, 3.8) is 0 Å². The van der Waals surface area contributed by atoms with Gasteiger partial charge in [-0.25, -0.2) is 0 Å². The molecule has 0 saturated carbocycles. The first kappa shape index (κ1) is 24.0. The van der Waals surface area contributed by atoms with Crippen molar-refractivity contribution in [2.45, 2.75) is 49.2 Å². The third-order valence-corrected chi connectivity index (χ3v) is 21.7. The van der Waals surface area contributed by atoms with Gasteiger partial charge in [0.2, 0.25) is 0 Å². The second-order valence-corrected chi connectivity index (χ2v) is 30.8. The zero-order valence-corrected chi connectivity index (χ0v) is 26.7. The van der Waals surface area contributed by atoms with E-state index >= 15 is 0 Å². The molecule has 4 aromatic rings. The van der Waals surface area contributed by atoms with Gasteiger partial charge >= 0.3 is 222 Å². The molecule has 2 aliphatic rings. The summed E-state index contributed by atoms with van der Waals surface area (Å²) in [6, 6.07) is 23.1. The van der Waals surface area contributed by atoms with Crippen LogP contribution in [0.25, 0.3) is 38.6 Å². The summed E-state index contributed by atoms with van der Waals surface area (Å²) in [4.78, 5) is 7.41. The Kier molecular flexibility index (Phi) is 5.38. The molecule has 0 aliphatic carbocycles. The number of nitrogens with zero attached hydrogens (tertiary/aromatic N) is 1. The van der Waals surface area contributed by atoms with Crippen molar-refractivity contribution in [2.24, 2.45) is 0 Å². The van der Waals surface area contributed by atoms with Gasteiger partial charge in [-0.1, -0.05) is 0 Å². The van der Waals surface area contributed by atoms with E-state index in [2.05, 4.69) is 122 Å². The Morgan fingerprint density at radius 2 is 1.50 bits per heavy atom. The van der Waals surface area contributed by atoms with Gasteiger partial charge in [-0.3, -0.25) is 0 Å². The van der Waals surface area contributed by atoms with Crippen LogP contribution >= 0.6 is 0 Å². The fourth-order valence-corrected chi connectivity index (χ4v) is 17.2. The van der Waals surface area contributed by atoms with E-state index < -0.39 is 26.5 Å². The van der Waals surface area contributed by atoms with Crippen LogP contribution in [-0.2, 0) is 5.41 Å². The molecule has 0 unspecified atom stereocenters. The molecular formula is C33H35Ge2N. The Morgan fingerprint density at radius 1 is 0.750 bits per heavy atom. The van der Waals surface area contributed by atoms with Crippen molar-refractivity contribution in [3.8, 4) is 11.3 Å². The fraction of sp³-hybridized carbons (Fsp3) is 0.242. The van der Waals surface area contributed by atoms with Crippen molar-refractivity contribution in [2.75, 3.05) is 0 Å². The van der Waals surface area contributed by atoms with Crippen molar-refractivity contribution in [1.29, 1.82) is 0 Å². The average molecular weight is 591 g/mol. The van der Waals surface area contributed by atoms with Gasteiger partial charge in [-0.2, -0.15) is 0 Å². The van der Waals surface area contributed by atoms with E-state index in [1.54, 1.807) is 13.2 Å². The second kappa shape index (κ2) is 8.07. The Morgan fingerprint density at radius 3 is 2.28 bits per heavy atom. The topological polar surface area (TPSA) is 12.9 Å². The van der Waals surface area contributed by atoms with Crippen LogP contribution in [0, 0.1) is 0 Å². The third-order valence-electron chi connectivity index (χ3n) is 8.28. The molecule has 0 saturated heterocycles. The van der Waals surface area contributed by atoms with Gasteiger partial charge in [0.25, 0.3) is 0 Å². The fourth-order valence-electron chi connectivity index (χ4n) is 6.14. The van der Waals surface area contributed by atoms with Crippen molar-refractivity contribution < 1.29 is 0 Å². The van der Waals surface area contributed by atoms with Crippen LogP contribution in [-0.4, -0.2) is 31.5 Å². The Labute approximate surface area is 221 Å². The van der Waals surface area contributed by atoms with Crippen molar-refractivity contribution >= 4 is 62.7 Å². The zero-order valence-electron chi connectivity index (χ0n) is 22.5. The van der Waals surface area contributed by atoms with Crippen LogP contribution in [0.3, 0.4) is 0 Å². The van der Waals surface area contributed by atoms with E-state index in [1.165, 1.54) is 38.6 Å². The number of fused-ring (bicyclic) bond motifs is 3. The second-order valence-electron chi connectivity index (χ2n) is 12.7. The van der Waals surface area contributed by atoms with E-state index in [0.29, 0.717) is 0 Å². The zero-order chi connectivity index (χ0) is 25.5. The molecule has 3 aromatic carbocycles. The molecule has 0 N–H and O–H groups in total. The van der Waals surface area contributed by atoms with E-state index in [-0.39, 0.29) is 5.41 Å². The molecule has 0 radical (unpaired) electrons. The van der Waals surface area contributed by atoms with Gasteiger partial charge in [0.1, 0.15) is 0 Å². The van der Waals surface area contributed by atoms with E-state index in [1.807, 2.05) is 6.20 Å². The molecule has 36 heavy (non-hydrogen) atoms. The van der Waals surface area contributed by atoms with Gasteiger partial charge in [-0.15, -0.1) is 0 Å². The summed E-state index contributed by atoms with van der Waals surface area (Å²) >= 11 is -4.42. The number of benzene rings is 3. The number of hydrogen-bond acceptors (Lipinski definition) is 1. The molecule has 3 heteroatoms. The molecule has 6 rings (SSSR count). The number of hydrogen-bond donors (Lipinski definition) is 0. The molecule has 3 heterocycles. The third kappa shape index (κ3) is 3.78. The van der Waals surface area contributed by atoms with Gasteiger partial charge < -0.3 is 0 Å². The maximum atomic E-state index is 4.87. The quantitative estimate of drug-likeness (QED) is 0.218. The summed E-state index contributed by atoms with van der Waals surface area (Å²) in [5.41, 5.74) is 8.05. The van der Waals surface area contributed by atoms with Gasteiger partial charge in [0.05, 0.1) is 0 Å². The molecular weight excluding hydrogens is 556 g/mol. The predicted molar refractivity (Wildman–Crippen MR) is 163 cm³/mol. The Bertz CT molecular complexity index is 1610. The Balaban J connectivity index is 1.47. The van der Waals surface area contributed by atoms with Crippen molar-refractivity contribution in [3.05, 3.63) is 94.0 Å². The van der Waals surface area contributed by atoms with Crippen LogP contribution in [0.1, 0.15) is 43.0 Å². The first-order valence-electron chi connectivity index (χ1n) is 13.1. The summed E-state index contributed by atoms with van der Waals surface area (Å²) in [5, 5.41) is 2.62. The van der Waals surface area contributed by atoms with Gasteiger partial charge in [0.15, 0.2) is 0 Å². The standard InChI is InChI=1S/C33H35Ge2N/c1-33(2,3)28-17-26(16-22-10-8-9-11-27(22)28)32-21-24(13-15-36-32)30-20-25-19-29-23(12-14-34(29,4)5)18-31(25)35(30,6)7/h8-21H,1-7H3. The molecule has 1 aromatic heterocycles. The number of pyridine rings is 1. The van der Waals surface area contributed by atoms with E-state index in [0.717, 1.165) is 5.69 Å². The minimum absolute atomic E-state index is 0.0628. The molecule has 180 valence electrons. The van der Waals surface area contributed by atoms with Crippen LogP contribution in [0.15, 0.2) is 71.8 Å². The van der Waals surface area contributed by atoms with Crippen molar-refractivity contribution in [1.82, 2.24) is 4.98 Å².